The van der Waals surface area contributed by atoms with Gasteiger partial charge in [-0.25, -0.2) is 4.98 Å². The van der Waals surface area contributed by atoms with Crippen molar-refractivity contribution in [1.29, 1.82) is 0 Å². The van der Waals surface area contributed by atoms with Crippen LogP contribution in [0.2, 0.25) is 0 Å². The van der Waals surface area contributed by atoms with Crippen LogP contribution in [0, 0.1) is 0 Å². The Hall–Kier alpha value is -2.61. The molecule has 0 atom stereocenters. The molecule has 2 aliphatic heterocycles. The maximum absolute atomic E-state index is 12.7. The Bertz CT molecular complexity index is 1040. The fourth-order valence-electron chi connectivity index (χ4n) is 3.63. The minimum atomic E-state index is -0.186. The topological polar surface area (TPSA) is 63.7 Å². The number of hydrogen-bond acceptors (Lipinski definition) is 6. The molecular weight excluding hydrogens is 422 g/mol. The van der Waals surface area contributed by atoms with Crippen molar-refractivity contribution in [2.24, 2.45) is 0 Å². The van der Waals surface area contributed by atoms with Crippen LogP contribution >= 0.6 is 23.7 Å². The Kier molecular flexibility index (Phi) is 6.22. The van der Waals surface area contributed by atoms with Gasteiger partial charge in [0.2, 0.25) is 0 Å². The fraction of sp³-hybridized carbons (Fsp3) is 0.273. The van der Waals surface area contributed by atoms with Crippen molar-refractivity contribution in [3.05, 3.63) is 70.2 Å². The number of carbonyl (C=O) groups excluding carboxylic acids is 1. The molecule has 30 heavy (non-hydrogen) atoms. The van der Waals surface area contributed by atoms with E-state index < -0.39 is 0 Å². The zero-order valence-corrected chi connectivity index (χ0v) is 17.9. The van der Waals surface area contributed by atoms with Gasteiger partial charge in [0.25, 0.3) is 5.91 Å². The molecule has 0 saturated carbocycles. The molecular formula is C22H22ClN3O3S. The summed E-state index contributed by atoms with van der Waals surface area (Å²) in [4.78, 5) is 21.0. The molecule has 1 amide bonds. The summed E-state index contributed by atoms with van der Waals surface area (Å²) < 4.78 is 11.1. The SMILES string of the molecule is Cl.O=C(Nc1nc2c(s1)CN(Cc1ccccc1)CC2)c1ccc2c(c1)OCCO2. The largest absolute Gasteiger partial charge is 0.486 e. The van der Waals surface area contributed by atoms with E-state index in [1.807, 2.05) is 6.07 Å². The number of rotatable bonds is 4. The van der Waals surface area contributed by atoms with Crippen molar-refractivity contribution in [2.45, 2.75) is 19.5 Å². The molecule has 3 aromatic rings. The van der Waals surface area contributed by atoms with Crippen molar-refractivity contribution in [3.8, 4) is 11.5 Å². The molecule has 2 aliphatic rings. The molecule has 0 bridgehead atoms. The lowest BCUT2D eigenvalue weighted by molar-refractivity contribution is 0.102. The minimum Gasteiger partial charge on any atom is -0.486 e. The predicted molar refractivity (Wildman–Crippen MR) is 119 cm³/mol. The van der Waals surface area contributed by atoms with E-state index in [1.165, 1.54) is 10.4 Å². The molecule has 1 aromatic heterocycles. The summed E-state index contributed by atoms with van der Waals surface area (Å²) in [6.07, 6.45) is 0.901. The zero-order valence-electron chi connectivity index (χ0n) is 16.3. The lowest BCUT2D eigenvalue weighted by Crippen LogP contribution is -2.29. The molecule has 0 spiro atoms. The van der Waals surface area contributed by atoms with Crippen LogP contribution in [0.5, 0.6) is 11.5 Å². The van der Waals surface area contributed by atoms with E-state index in [-0.39, 0.29) is 18.3 Å². The van der Waals surface area contributed by atoms with Gasteiger partial charge in [0.05, 0.1) is 5.69 Å². The molecule has 1 N–H and O–H groups in total. The summed E-state index contributed by atoms with van der Waals surface area (Å²) in [5, 5.41) is 3.59. The van der Waals surface area contributed by atoms with E-state index in [2.05, 4.69) is 39.5 Å². The van der Waals surface area contributed by atoms with E-state index in [4.69, 9.17) is 9.47 Å². The number of fused-ring (bicyclic) bond motifs is 2. The summed E-state index contributed by atoms with van der Waals surface area (Å²) in [6.45, 7) is 3.79. The van der Waals surface area contributed by atoms with Gasteiger partial charge in [0.1, 0.15) is 13.2 Å². The first kappa shape index (κ1) is 20.7. The smallest absolute Gasteiger partial charge is 0.257 e. The Morgan fingerprint density at radius 3 is 2.73 bits per heavy atom. The van der Waals surface area contributed by atoms with Crippen LogP contribution < -0.4 is 14.8 Å². The van der Waals surface area contributed by atoms with Crippen LogP contribution in [0.15, 0.2) is 48.5 Å². The van der Waals surface area contributed by atoms with E-state index >= 15 is 0 Å². The average molecular weight is 444 g/mol. The lowest BCUT2D eigenvalue weighted by Gasteiger charge is -2.25. The normalized spacial score (nSPS) is 15.1. The number of thiazole rings is 1. The molecule has 6 nitrogen and oxygen atoms in total. The van der Waals surface area contributed by atoms with Gasteiger partial charge in [-0.15, -0.1) is 23.7 Å². The number of nitrogens with one attached hydrogen (secondary N) is 1. The van der Waals surface area contributed by atoms with Crippen molar-refractivity contribution in [2.75, 3.05) is 25.1 Å². The molecule has 0 aliphatic carbocycles. The number of amides is 1. The summed E-state index contributed by atoms with van der Waals surface area (Å²) >= 11 is 1.56. The average Bonchev–Trinajstić information content (AvgIpc) is 3.15. The molecule has 156 valence electrons. The summed E-state index contributed by atoms with van der Waals surface area (Å²) in [5.41, 5.74) is 2.94. The van der Waals surface area contributed by atoms with Gasteiger partial charge in [0.15, 0.2) is 16.6 Å². The number of nitrogens with zero attached hydrogens (tertiary/aromatic N) is 2. The summed E-state index contributed by atoms with van der Waals surface area (Å²) in [7, 11) is 0. The third kappa shape index (κ3) is 4.43. The van der Waals surface area contributed by atoms with Crippen LogP contribution in [0.1, 0.15) is 26.5 Å². The molecule has 0 saturated heterocycles. The van der Waals surface area contributed by atoms with Gasteiger partial charge in [-0.1, -0.05) is 30.3 Å². The first-order valence-corrected chi connectivity index (χ1v) is 10.5. The van der Waals surface area contributed by atoms with E-state index in [1.54, 1.807) is 29.5 Å². The third-order valence-corrected chi connectivity index (χ3v) is 6.08. The van der Waals surface area contributed by atoms with Crippen molar-refractivity contribution < 1.29 is 14.3 Å². The second-order valence-electron chi connectivity index (χ2n) is 7.15. The molecule has 0 unspecified atom stereocenters. The lowest BCUT2D eigenvalue weighted by atomic mass is 10.1. The maximum Gasteiger partial charge on any atom is 0.257 e. The summed E-state index contributed by atoms with van der Waals surface area (Å²) in [5.74, 6) is 1.10. The molecule has 0 fully saturated rings. The van der Waals surface area contributed by atoms with Gasteiger partial charge in [-0.05, 0) is 23.8 Å². The monoisotopic (exact) mass is 443 g/mol. The first-order valence-electron chi connectivity index (χ1n) is 9.70. The second kappa shape index (κ2) is 9.04. The Morgan fingerprint density at radius 2 is 1.90 bits per heavy atom. The maximum atomic E-state index is 12.7. The van der Waals surface area contributed by atoms with Crippen molar-refractivity contribution in [1.82, 2.24) is 9.88 Å². The van der Waals surface area contributed by atoms with Gasteiger partial charge >= 0.3 is 0 Å². The molecule has 8 heteroatoms. The first-order chi connectivity index (χ1) is 14.2. The summed E-state index contributed by atoms with van der Waals surface area (Å²) in [6, 6.07) is 15.7. The number of carbonyl (C=O) groups is 1. The standard InChI is InChI=1S/C22H21N3O3S.ClH/c26-21(16-6-7-18-19(12-16)28-11-10-27-18)24-22-23-17-8-9-25(14-20(17)29-22)13-15-4-2-1-3-5-15;/h1-7,12H,8-11,13-14H2,(H,23,24,26);1H. The van der Waals surface area contributed by atoms with E-state index in [9.17, 15) is 4.79 Å². The van der Waals surface area contributed by atoms with E-state index in [0.29, 0.717) is 35.4 Å². The Morgan fingerprint density at radius 1 is 1.10 bits per heavy atom. The van der Waals surface area contributed by atoms with Crippen LogP contribution in [0.3, 0.4) is 0 Å². The molecule has 5 rings (SSSR count). The number of ether oxygens (including phenoxy) is 2. The number of anilines is 1. The van der Waals surface area contributed by atoms with Crippen LogP contribution in [-0.4, -0.2) is 35.5 Å². The van der Waals surface area contributed by atoms with Crippen molar-refractivity contribution >= 4 is 34.8 Å². The molecule has 0 radical (unpaired) electrons. The third-order valence-electron chi connectivity index (χ3n) is 5.08. The highest BCUT2D eigenvalue weighted by Crippen LogP contribution is 2.32. The van der Waals surface area contributed by atoms with Gasteiger partial charge in [-0.3, -0.25) is 15.0 Å². The quantitative estimate of drug-likeness (QED) is 0.656. The highest BCUT2D eigenvalue weighted by molar-refractivity contribution is 7.15. The number of aromatic nitrogens is 1. The fourth-order valence-corrected chi connectivity index (χ4v) is 4.68. The minimum absolute atomic E-state index is 0. The number of hydrogen-bond donors (Lipinski definition) is 1. The molecule has 2 aromatic carbocycles. The van der Waals surface area contributed by atoms with Crippen LogP contribution in [0.4, 0.5) is 5.13 Å². The van der Waals surface area contributed by atoms with Crippen LogP contribution in [0.25, 0.3) is 0 Å². The van der Waals surface area contributed by atoms with Gasteiger partial charge in [0, 0.05) is 36.5 Å². The molecule has 3 heterocycles. The highest BCUT2D eigenvalue weighted by atomic mass is 35.5. The Balaban J connectivity index is 0.00000218. The Labute approximate surface area is 185 Å². The second-order valence-corrected chi connectivity index (χ2v) is 8.23. The number of benzene rings is 2. The van der Waals surface area contributed by atoms with Gasteiger partial charge in [-0.2, -0.15) is 0 Å². The van der Waals surface area contributed by atoms with Crippen LogP contribution in [-0.2, 0) is 19.5 Å². The van der Waals surface area contributed by atoms with Gasteiger partial charge < -0.3 is 9.47 Å². The van der Waals surface area contributed by atoms with Crippen molar-refractivity contribution in [3.63, 3.8) is 0 Å². The number of halogens is 1. The van der Waals surface area contributed by atoms with E-state index in [0.717, 1.165) is 31.7 Å². The zero-order chi connectivity index (χ0) is 19.6. The highest BCUT2D eigenvalue weighted by Gasteiger charge is 2.22. The predicted octanol–water partition coefficient (Wildman–Crippen LogP) is 4.15.